The molecule has 1 aliphatic carbocycles. The predicted molar refractivity (Wildman–Crippen MR) is 82.8 cm³/mol. The van der Waals surface area contributed by atoms with E-state index in [1.54, 1.807) is 0 Å². The van der Waals surface area contributed by atoms with E-state index in [4.69, 9.17) is 9.47 Å². The molecule has 0 bridgehead atoms. The van der Waals surface area contributed by atoms with E-state index in [2.05, 4.69) is 15.2 Å². The van der Waals surface area contributed by atoms with Crippen LogP contribution in [0.1, 0.15) is 20.8 Å². The van der Waals surface area contributed by atoms with Gasteiger partial charge in [0.15, 0.2) is 5.83 Å². The van der Waals surface area contributed by atoms with Crippen LogP contribution < -0.4 is 10.1 Å². The van der Waals surface area contributed by atoms with Crippen molar-refractivity contribution in [2.24, 2.45) is 0 Å². The summed E-state index contributed by atoms with van der Waals surface area (Å²) < 4.78 is 24.7. The molecule has 0 atom stereocenters. The average Bonchev–Trinajstić information content (AvgIpc) is 2.62. The van der Waals surface area contributed by atoms with Gasteiger partial charge in [0.2, 0.25) is 11.6 Å². The predicted octanol–water partition coefficient (Wildman–Crippen LogP) is 0.572. The Morgan fingerprint density at radius 1 is 1.33 bits per heavy atom. The standard InChI is InChI=1S/C16H18FN3O4/c1-23-10-2-3-18-13-11(10)15(21)14(12(17)16(13)22)19-4-5-20-6-8-24-9-7-20/h2-3,19H,4-9H2,1H3. The van der Waals surface area contributed by atoms with Crippen molar-refractivity contribution >= 4 is 11.6 Å². The maximum atomic E-state index is 14.3. The Bertz CT molecular complexity index is 699. The zero-order valence-corrected chi connectivity index (χ0v) is 13.3. The Morgan fingerprint density at radius 2 is 2.08 bits per heavy atom. The Hall–Kier alpha value is -2.32. The number of rotatable bonds is 5. The number of allylic oxidation sites excluding steroid dienone is 2. The number of methoxy groups -OCH3 is 1. The van der Waals surface area contributed by atoms with Crippen molar-refractivity contribution in [1.29, 1.82) is 0 Å². The SMILES string of the molecule is COc1ccnc2c1C(=O)C(NCCN1CCOCC1)=C(F)C2=O. The highest BCUT2D eigenvalue weighted by atomic mass is 19.1. The second-order valence-electron chi connectivity index (χ2n) is 5.46. The zero-order chi connectivity index (χ0) is 17.1. The number of ketones is 2. The molecule has 0 aromatic carbocycles. The molecule has 1 aliphatic heterocycles. The summed E-state index contributed by atoms with van der Waals surface area (Å²) in [5, 5.41) is 2.76. The number of nitrogens with zero attached hydrogens (tertiary/aromatic N) is 2. The van der Waals surface area contributed by atoms with Crippen LogP contribution in [0.4, 0.5) is 4.39 Å². The van der Waals surface area contributed by atoms with E-state index in [9.17, 15) is 14.0 Å². The van der Waals surface area contributed by atoms with Gasteiger partial charge >= 0.3 is 0 Å². The van der Waals surface area contributed by atoms with Crippen molar-refractivity contribution in [1.82, 2.24) is 15.2 Å². The highest BCUT2D eigenvalue weighted by molar-refractivity contribution is 6.26. The van der Waals surface area contributed by atoms with Crippen LogP contribution in [-0.2, 0) is 4.74 Å². The number of hydrogen-bond donors (Lipinski definition) is 1. The molecule has 8 heteroatoms. The second-order valence-corrected chi connectivity index (χ2v) is 5.46. The first kappa shape index (κ1) is 16.5. The largest absolute Gasteiger partial charge is 0.496 e. The summed E-state index contributed by atoms with van der Waals surface area (Å²) in [6.07, 6.45) is 1.31. The Kier molecular flexibility index (Phi) is 4.86. The van der Waals surface area contributed by atoms with Crippen LogP contribution in [0.25, 0.3) is 0 Å². The molecule has 7 nitrogen and oxygen atoms in total. The lowest BCUT2D eigenvalue weighted by atomic mass is 9.95. The number of carbonyl (C=O) groups excluding carboxylic acids is 2. The number of carbonyl (C=O) groups is 2. The third kappa shape index (κ3) is 3.02. The molecule has 0 amide bonds. The van der Waals surface area contributed by atoms with Crippen LogP contribution in [0, 0.1) is 0 Å². The average molecular weight is 335 g/mol. The molecule has 1 fully saturated rings. The lowest BCUT2D eigenvalue weighted by Gasteiger charge is -2.27. The van der Waals surface area contributed by atoms with Crippen LogP contribution >= 0.6 is 0 Å². The molecule has 128 valence electrons. The molecule has 2 heterocycles. The van der Waals surface area contributed by atoms with Crippen LogP contribution in [0.3, 0.4) is 0 Å². The van der Waals surface area contributed by atoms with Crippen molar-refractivity contribution in [3.63, 3.8) is 0 Å². The molecule has 1 aromatic rings. The smallest absolute Gasteiger partial charge is 0.242 e. The minimum atomic E-state index is -1.10. The maximum absolute atomic E-state index is 14.3. The Morgan fingerprint density at radius 3 is 2.79 bits per heavy atom. The quantitative estimate of drug-likeness (QED) is 0.842. The fourth-order valence-electron chi connectivity index (χ4n) is 2.77. The van der Waals surface area contributed by atoms with Gasteiger partial charge in [0.25, 0.3) is 0 Å². The van der Waals surface area contributed by atoms with Gasteiger partial charge in [0.05, 0.1) is 25.9 Å². The van der Waals surface area contributed by atoms with Gasteiger partial charge in [-0.2, -0.15) is 0 Å². The van der Waals surface area contributed by atoms with Gasteiger partial charge in [-0.25, -0.2) is 4.39 Å². The Balaban J connectivity index is 1.76. The molecule has 24 heavy (non-hydrogen) atoms. The number of ether oxygens (including phenoxy) is 2. The molecule has 0 saturated carbocycles. The highest BCUT2D eigenvalue weighted by Gasteiger charge is 2.36. The summed E-state index contributed by atoms with van der Waals surface area (Å²) in [4.78, 5) is 30.7. The number of nitrogens with one attached hydrogen (secondary N) is 1. The summed E-state index contributed by atoms with van der Waals surface area (Å²) in [6, 6.07) is 1.47. The number of pyridine rings is 1. The third-order valence-electron chi connectivity index (χ3n) is 4.05. The fourth-order valence-corrected chi connectivity index (χ4v) is 2.77. The Labute approximate surface area is 138 Å². The number of halogens is 1. The summed E-state index contributed by atoms with van der Waals surface area (Å²) >= 11 is 0. The number of hydrogen-bond acceptors (Lipinski definition) is 7. The first-order valence-electron chi connectivity index (χ1n) is 7.69. The summed E-state index contributed by atoms with van der Waals surface area (Å²) in [5.41, 5.74) is -0.539. The molecule has 0 spiro atoms. The minimum absolute atomic E-state index is 0.000252. The van der Waals surface area contributed by atoms with Crippen molar-refractivity contribution in [3.05, 3.63) is 35.0 Å². The molecule has 0 unspecified atom stereocenters. The topological polar surface area (TPSA) is 80.8 Å². The molecule has 2 aliphatic rings. The first-order chi connectivity index (χ1) is 11.6. The van der Waals surface area contributed by atoms with E-state index in [1.807, 2.05) is 0 Å². The van der Waals surface area contributed by atoms with E-state index >= 15 is 0 Å². The van der Waals surface area contributed by atoms with Gasteiger partial charge in [0, 0.05) is 32.4 Å². The first-order valence-corrected chi connectivity index (χ1v) is 7.69. The fraction of sp³-hybridized carbons (Fsp3) is 0.438. The zero-order valence-electron chi connectivity index (χ0n) is 13.3. The molecule has 0 radical (unpaired) electrons. The highest BCUT2D eigenvalue weighted by Crippen LogP contribution is 2.30. The number of Topliss-reactive ketones (excluding diaryl/α,β-unsaturated/α-hetero) is 2. The molecule has 1 saturated heterocycles. The lowest BCUT2D eigenvalue weighted by molar-refractivity contribution is 0.0386. The van der Waals surface area contributed by atoms with E-state index in [-0.39, 0.29) is 22.7 Å². The summed E-state index contributed by atoms with van der Waals surface area (Å²) in [7, 11) is 1.38. The van der Waals surface area contributed by atoms with Gasteiger partial charge in [0.1, 0.15) is 17.1 Å². The van der Waals surface area contributed by atoms with Crippen LogP contribution in [0.15, 0.2) is 23.8 Å². The van der Waals surface area contributed by atoms with Crippen molar-refractivity contribution in [3.8, 4) is 5.75 Å². The monoisotopic (exact) mass is 335 g/mol. The van der Waals surface area contributed by atoms with Gasteiger partial charge in [-0.05, 0) is 6.07 Å². The van der Waals surface area contributed by atoms with Crippen molar-refractivity contribution < 1.29 is 23.5 Å². The minimum Gasteiger partial charge on any atom is -0.496 e. The van der Waals surface area contributed by atoms with E-state index in [1.165, 1.54) is 19.4 Å². The van der Waals surface area contributed by atoms with Crippen molar-refractivity contribution in [2.45, 2.75) is 0 Å². The molecular formula is C16H18FN3O4. The molecular weight excluding hydrogens is 317 g/mol. The lowest BCUT2D eigenvalue weighted by Crippen LogP contribution is -2.41. The number of fused-ring (bicyclic) bond motifs is 1. The van der Waals surface area contributed by atoms with E-state index < -0.39 is 17.4 Å². The third-order valence-corrected chi connectivity index (χ3v) is 4.05. The van der Waals surface area contributed by atoms with Gasteiger partial charge in [-0.1, -0.05) is 0 Å². The van der Waals surface area contributed by atoms with Gasteiger partial charge in [-0.3, -0.25) is 19.5 Å². The molecule has 1 N–H and O–H groups in total. The maximum Gasteiger partial charge on any atom is 0.242 e. The van der Waals surface area contributed by atoms with Crippen molar-refractivity contribution in [2.75, 3.05) is 46.5 Å². The molecule has 1 aromatic heterocycles. The summed E-state index contributed by atoms with van der Waals surface area (Å²) in [6.45, 7) is 3.86. The van der Waals surface area contributed by atoms with Crippen LogP contribution in [0.5, 0.6) is 5.75 Å². The van der Waals surface area contributed by atoms with Gasteiger partial charge < -0.3 is 14.8 Å². The van der Waals surface area contributed by atoms with Gasteiger partial charge in [-0.15, -0.1) is 0 Å². The van der Waals surface area contributed by atoms with Crippen LogP contribution in [0.2, 0.25) is 0 Å². The van der Waals surface area contributed by atoms with E-state index in [0.717, 1.165) is 13.1 Å². The number of morpholine rings is 1. The normalized spacial score (nSPS) is 18.6. The molecule has 3 rings (SSSR count). The van der Waals surface area contributed by atoms with E-state index in [0.29, 0.717) is 26.3 Å². The number of aromatic nitrogens is 1. The second kappa shape index (κ2) is 7.06. The van der Waals surface area contributed by atoms with Crippen LogP contribution in [-0.4, -0.2) is 68.0 Å². The summed E-state index contributed by atoms with van der Waals surface area (Å²) in [5.74, 6) is -2.42.